The van der Waals surface area contributed by atoms with E-state index < -0.39 is 6.10 Å². The van der Waals surface area contributed by atoms with E-state index in [0.717, 1.165) is 12.8 Å². The predicted molar refractivity (Wildman–Crippen MR) is 69.2 cm³/mol. The highest BCUT2D eigenvalue weighted by Gasteiger charge is 2.35. The average molecular weight is 248 g/mol. The van der Waals surface area contributed by atoms with E-state index in [1.165, 1.54) is 0 Å². The molecule has 1 fully saturated rings. The molecule has 1 N–H and O–H groups in total. The van der Waals surface area contributed by atoms with Crippen LogP contribution in [0.4, 0.5) is 0 Å². The van der Waals surface area contributed by atoms with Crippen LogP contribution in [0.3, 0.4) is 0 Å². The van der Waals surface area contributed by atoms with Gasteiger partial charge >= 0.3 is 5.97 Å². The number of rotatable bonds is 2. The van der Waals surface area contributed by atoms with Crippen LogP contribution in [-0.2, 0) is 4.74 Å². The smallest absolute Gasteiger partial charge is 0.338 e. The Kier molecular flexibility index (Phi) is 4.02. The molecule has 1 aliphatic rings. The topological polar surface area (TPSA) is 46.5 Å². The number of aliphatic hydroxyl groups excluding tert-OH is 1. The van der Waals surface area contributed by atoms with Gasteiger partial charge < -0.3 is 9.84 Å². The molecule has 1 aliphatic carbocycles. The fourth-order valence-electron chi connectivity index (χ4n) is 2.44. The minimum Gasteiger partial charge on any atom is -0.456 e. The average Bonchev–Trinajstić information content (AvgIpc) is 2.40. The Morgan fingerprint density at radius 3 is 2.56 bits per heavy atom. The highest BCUT2D eigenvalue weighted by Crippen LogP contribution is 2.31. The molecular formula is C15H20O3. The maximum absolute atomic E-state index is 11.9. The molecule has 4 atom stereocenters. The highest BCUT2D eigenvalue weighted by molar-refractivity contribution is 5.89. The monoisotopic (exact) mass is 248 g/mol. The van der Waals surface area contributed by atoms with Gasteiger partial charge in [-0.2, -0.15) is 0 Å². The van der Waals surface area contributed by atoms with Gasteiger partial charge in [-0.3, -0.25) is 0 Å². The second-order valence-electron chi connectivity index (χ2n) is 5.21. The summed E-state index contributed by atoms with van der Waals surface area (Å²) in [4.78, 5) is 11.9. The molecule has 98 valence electrons. The Bertz CT molecular complexity index is 401. The molecule has 0 radical (unpaired) electrons. The van der Waals surface area contributed by atoms with Crippen molar-refractivity contribution in [2.45, 2.75) is 38.9 Å². The Balaban J connectivity index is 2.00. The lowest BCUT2D eigenvalue weighted by atomic mass is 9.78. The van der Waals surface area contributed by atoms with Gasteiger partial charge in [0, 0.05) is 0 Å². The van der Waals surface area contributed by atoms with Gasteiger partial charge in [-0.25, -0.2) is 4.79 Å². The van der Waals surface area contributed by atoms with Crippen LogP contribution in [0.1, 0.15) is 37.0 Å². The maximum atomic E-state index is 11.9. The summed E-state index contributed by atoms with van der Waals surface area (Å²) in [6, 6.07) is 8.92. The van der Waals surface area contributed by atoms with Gasteiger partial charge in [-0.05, 0) is 36.8 Å². The van der Waals surface area contributed by atoms with E-state index in [4.69, 9.17) is 4.74 Å². The number of aliphatic hydroxyl groups is 1. The van der Waals surface area contributed by atoms with E-state index in [1.54, 1.807) is 24.3 Å². The van der Waals surface area contributed by atoms with E-state index in [2.05, 4.69) is 6.92 Å². The molecule has 0 spiro atoms. The van der Waals surface area contributed by atoms with Crippen molar-refractivity contribution in [1.82, 2.24) is 0 Å². The van der Waals surface area contributed by atoms with Crippen molar-refractivity contribution in [1.29, 1.82) is 0 Å². The van der Waals surface area contributed by atoms with Crippen molar-refractivity contribution >= 4 is 5.97 Å². The lowest BCUT2D eigenvalue weighted by molar-refractivity contribution is -0.0714. The lowest BCUT2D eigenvalue weighted by Crippen LogP contribution is -2.42. The van der Waals surface area contributed by atoms with Gasteiger partial charge in [-0.15, -0.1) is 0 Å². The fourth-order valence-corrected chi connectivity index (χ4v) is 2.44. The normalized spacial score (nSPS) is 31.9. The summed E-state index contributed by atoms with van der Waals surface area (Å²) in [6.07, 6.45) is 0.807. The van der Waals surface area contributed by atoms with E-state index in [-0.39, 0.29) is 18.0 Å². The zero-order chi connectivity index (χ0) is 13.1. The number of hydrogen-bond donors (Lipinski definition) is 1. The third-order valence-corrected chi connectivity index (χ3v) is 3.99. The van der Waals surface area contributed by atoms with E-state index >= 15 is 0 Å². The first kappa shape index (κ1) is 13.1. The van der Waals surface area contributed by atoms with Crippen LogP contribution in [0.5, 0.6) is 0 Å². The zero-order valence-electron chi connectivity index (χ0n) is 10.9. The van der Waals surface area contributed by atoms with Crippen LogP contribution in [0, 0.1) is 11.8 Å². The third-order valence-electron chi connectivity index (χ3n) is 3.99. The minimum atomic E-state index is -0.554. The van der Waals surface area contributed by atoms with Gasteiger partial charge in [0.2, 0.25) is 0 Å². The van der Waals surface area contributed by atoms with Crippen molar-refractivity contribution < 1.29 is 14.6 Å². The summed E-state index contributed by atoms with van der Waals surface area (Å²) in [6.45, 7) is 4.14. The van der Waals surface area contributed by atoms with Crippen LogP contribution < -0.4 is 0 Å². The van der Waals surface area contributed by atoms with Crippen molar-refractivity contribution in [2.75, 3.05) is 0 Å². The number of esters is 1. The van der Waals surface area contributed by atoms with Crippen LogP contribution in [-0.4, -0.2) is 23.3 Å². The summed E-state index contributed by atoms with van der Waals surface area (Å²) in [7, 11) is 0. The van der Waals surface area contributed by atoms with Gasteiger partial charge in [0.25, 0.3) is 0 Å². The lowest BCUT2D eigenvalue weighted by Gasteiger charge is -2.36. The molecule has 1 aromatic rings. The van der Waals surface area contributed by atoms with E-state index in [0.29, 0.717) is 11.5 Å². The summed E-state index contributed by atoms with van der Waals surface area (Å²) < 4.78 is 5.42. The summed E-state index contributed by atoms with van der Waals surface area (Å²) >= 11 is 0. The molecule has 0 saturated heterocycles. The number of hydrogen-bond acceptors (Lipinski definition) is 3. The molecule has 0 aliphatic heterocycles. The van der Waals surface area contributed by atoms with Crippen molar-refractivity contribution in [2.24, 2.45) is 11.8 Å². The Labute approximate surface area is 108 Å². The molecule has 0 bridgehead atoms. The standard InChI is InChI=1S/C15H20O3/c1-10-8-9-13(14(16)11(10)2)18-15(17)12-6-4-3-5-7-12/h3-7,10-11,13-14,16H,8-9H2,1-2H3/t10-,11+,13-,14-/m1/s1. The first-order valence-corrected chi connectivity index (χ1v) is 6.53. The maximum Gasteiger partial charge on any atom is 0.338 e. The van der Waals surface area contributed by atoms with Crippen LogP contribution in [0.25, 0.3) is 0 Å². The van der Waals surface area contributed by atoms with Gasteiger partial charge in [-0.1, -0.05) is 32.0 Å². The van der Waals surface area contributed by atoms with Gasteiger partial charge in [0.15, 0.2) is 0 Å². The molecular weight excluding hydrogens is 228 g/mol. The largest absolute Gasteiger partial charge is 0.456 e. The Morgan fingerprint density at radius 2 is 1.89 bits per heavy atom. The number of benzene rings is 1. The van der Waals surface area contributed by atoms with Crippen LogP contribution >= 0.6 is 0 Å². The highest BCUT2D eigenvalue weighted by atomic mass is 16.6. The predicted octanol–water partition coefficient (Wildman–Crippen LogP) is 2.64. The third kappa shape index (κ3) is 2.72. The van der Waals surface area contributed by atoms with Crippen molar-refractivity contribution in [3.63, 3.8) is 0 Å². The second-order valence-corrected chi connectivity index (χ2v) is 5.21. The summed E-state index contributed by atoms with van der Waals surface area (Å²) in [5, 5.41) is 10.1. The fraction of sp³-hybridized carbons (Fsp3) is 0.533. The first-order valence-electron chi connectivity index (χ1n) is 6.53. The van der Waals surface area contributed by atoms with Crippen molar-refractivity contribution in [3.8, 4) is 0 Å². The first-order chi connectivity index (χ1) is 8.59. The minimum absolute atomic E-state index is 0.173. The number of ether oxygens (including phenoxy) is 1. The molecule has 3 nitrogen and oxygen atoms in total. The molecule has 1 aromatic carbocycles. The summed E-state index contributed by atoms with van der Waals surface area (Å²) in [5.41, 5.74) is 0.538. The SMILES string of the molecule is C[C@@H]1[C@@H](O)[C@H](OC(=O)c2ccccc2)CC[C@H]1C. The molecule has 2 rings (SSSR count). The Morgan fingerprint density at radius 1 is 1.22 bits per heavy atom. The molecule has 0 amide bonds. The van der Waals surface area contributed by atoms with Crippen LogP contribution in [0.2, 0.25) is 0 Å². The van der Waals surface area contributed by atoms with E-state index in [9.17, 15) is 9.90 Å². The molecule has 0 heterocycles. The molecule has 0 aromatic heterocycles. The zero-order valence-corrected chi connectivity index (χ0v) is 10.9. The Hall–Kier alpha value is -1.35. The molecule has 0 unspecified atom stereocenters. The molecule has 1 saturated carbocycles. The molecule has 3 heteroatoms. The van der Waals surface area contributed by atoms with Gasteiger partial charge in [0.05, 0.1) is 11.7 Å². The van der Waals surface area contributed by atoms with Gasteiger partial charge in [0.1, 0.15) is 6.10 Å². The summed E-state index contributed by atoms with van der Waals surface area (Å²) in [5.74, 6) is 0.306. The quantitative estimate of drug-likeness (QED) is 0.818. The van der Waals surface area contributed by atoms with Crippen LogP contribution in [0.15, 0.2) is 30.3 Å². The second kappa shape index (κ2) is 5.53. The van der Waals surface area contributed by atoms with E-state index in [1.807, 2.05) is 13.0 Å². The molecule has 18 heavy (non-hydrogen) atoms. The van der Waals surface area contributed by atoms with Crippen molar-refractivity contribution in [3.05, 3.63) is 35.9 Å². The number of carbonyl (C=O) groups excluding carboxylic acids is 1. The number of carbonyl (C=O) groups is 1.